The minimum absolute atomic E-state index is 0.0887. The summed E-state index contributed by atoms with van der Waals surface area (Å²) in [4.78, 5) is 11.0. The van der Waals surface area contributed by atoms with E-state index < -0.39 is 0 Å². The van der Waals surface area contributed by atoms with Gasteiger partial charge in [0.05, 0.1) is 0 Å². The second-order valence-electron chi connectivity index (χ2n) is 3.37. The maximum Gasteiger partial charge on any atom is 0.246 e. The Labute approximate surface area is 79.8 Å². The van der Waals surface area contributed by atoms with Crippen LogP contribution < -0.4 is 11.1 Å². The molecule has 1 amide bonds. The molecule has 0 heterocycles. The van der Waals surface area contributed by atoms with Crippen LogP contribution in [-0.4, -0.2) is 32.2 Å². The number of nitrogens with two attached hydrogens (primary N) is 1. The van der Waals surface area contributed by atoms with Crippen LogP contribution >= 0.6 is 0 Å². The third-order valence-electron chi connectivity index (χ3n) is 1.54. The first-order chi connectivity index (χ1) is 6.16. The van der Waals surface area contributed by atoms with Crippen LogP contribution in [0.2, 0.25) is 0 Å². The van der Waals surface area contributed by atoms with Crippen molar-refractivity contribution in [2.75, 3.05) is 26.3 Å². The molecule has 0 aromatic rings. The number of hydrogen-bond donors (Lipinski definition) is 2. The van der Waals surface area contributed by atoms with Gasteiger partial charge >= 0.3 is 0 Å². The van der Waals surface area contributed by atoms with Crippen LogP contribution in [0.15, 0.2) is 0 Å². The van der Waals surface area contributed by atoms with E-state index in [1.165, 1.54) is 0 Å². The molecule has 0 spiro atoms. The zero-order valence-electron chi connectivity index (χ0n) is 8.51. The summed E-state index contributed by atoms with van der Waals surface area (Å²) in [6, 6.07) is 0. The molecule has 3 N–H and O–H groups in total. The van der Waals surface area contributed by atoms with E-state index in [-0.39, 0.29) is 12.5 Å². The Morgan fingerprint density at radius 1 is 1.54 bits per heavy atom. The highest BCUT2D eigenvalue weighted by Crippen LogP contribution is 1.98. The van der Waals surface area contributed by atoms with E-state index in [1.807, 2.05) is 0 Å². The second-order valence-corrected chi connectivity index (χ2v) is 3.37. The van der Waals surface area contributed by atoms with Gasteiger partial charge in [0.1, 0.15) is 6.61 Å². The van der Waals surface area contributed by atoms with Gasteiger partial charge in [0.15, 0.2) is 0 Å². The molecule has 13 heavy (non-hydrogen) atoms. The predicted octanol–water partition coefficient (Wildman–Crippen LogP) is 0.124. The van der Waals surface area contributed by atoms with E-state index in [0.29, 0.717) is 25.6 Å². The molecule has 0 saturated heterocycles. The normalized spacial score (nSPS) is 10.5. The number of nitrogens with one attached hydrogen (secondary N) is 1. The first-order valence-electron chi connectivity index (χ1n) is 4.71. The van der Waals surface area contributed by atoms with E-state index in [4.69, 9.17) is 10.5 Å². The molecule has 0 aliphatic heterocycles. The zero-order chi connectivity index (χ0) is 10.1. The lowest BCUT2D eigenvalue weighted by molar-refractivity contribution is -0.125. The molecule has 0 rings (SSSR count). The summed E-state index contributed by atoms with van der Waals surface area (Å²) in [5.74, 6) is 0.529. The fourth-order valence-corrected chi connectivity index (χ4v) is 0.747. The Morgan fingerprint density at radius 3 is 2.77 bits per heavy atom. The molecule has 0 saturated carbocycles. The van der Waals surface area contributed by atoms with Gasteiger partial charge in [-0.25, -0.2) is 0 Å². The lowest BCUT2D eigenvalue weighted by Crippen LogP contribution is -2.32. The summed E-state index contributed by atoms with van der Waals surface area (Å²) in [5, 5.41) is 2.63. The van der Waals surface area contributed by atoms with Crippen molar-refractivity contribution in [3.05, 3.63) is 0 Å². The highest BCUT2D eigenvalue weighted by atomic mass is 16.5. The van der Waals surface area contributed by atoms with Crippen LogP contribution in [0.25, 0.3) is 0 Å². The van der Waals surface area contributed by atoms with Crippen LogP contribution in [0.3, 0.4) is 0 Å². The standard InChI is InChI=1S/C9H20N2O2/c1-8(2)3-6-13-7-9(12)11-5-4-10/h8H,3-7,10H2,1-2H3,(H,11,12). The van der Waals surface area contributed by atoms with Gasteiger partial charge < -0.3 is 15.8 Å². The predicted molar refractivity (Wildman–Crippen MR) is 52.3 cm³/mol. The Kier molecular flexibility index (Phi) is 7.63. The maximum absolute atomic E-state index is 11.0. The van der Waals surface area contributed by atoms with E-state index in [9.17, 15) is 4.79 Å². The molecule has 0 aromatic heterocycles. The first-order valence-corrected chi connectivity index (χ1v) is 4.71. The third kappa shape index (κ3) is 9.30. The molecule has 0 aliphatic rings. The number of hydrogen-bond acceptors (Lipinski definition) is 3. The van der Waals surface area contributed by atoms with E-state index in [0.717, 1.165) is 6.42 Å². The van der Waals surface area contributed by atoms with Crippen LogP contribution in [-0.2, 0) is 9.53 Å². The number of carbonyl (C=O) groups excluding carboxylic acids is 1. The summed E-state index contributed by atoms with van der Waals surface area (Å²) in [6.07, 6.45) is 0.990. The summed E-state index contributed by atoms with van der Waals surface area (Å²) >= 11 is 0. The van der Waals surface area contributed by atoms with E-state index in [2.05, 4.69) is 19.2 Å². The van der Waals surface area contributed by atoms with Crippen molar-refractivity contribution in [2.24, 2.45) is 11.7 Å². The van der Waals surface area contributed by atoms with Gasteiger partial charge in [0.25, 0.3) is 0 Å². The van der Waals surface area contributed by atoms with Crippen molar-refractivity contribution in [3.63, 3.8) is 0 Å². The Morgan fingerprint density at radius 2 is 2.23 bits per heavy atom. The molecule has 0 radical (unpaired) electrons. The Hall–Kier alpha value is -0.610. The van der Waals surface area contributed by atoms with Crippen molar-refractivity contribution in [1.82, 2.24) is 5.32 Å². The number of rotatable bonds is 7. The topological polar surface area (TPSA) is 64.3 Å². The minimum atomic E-state index is -0.0887. The average Bonchev–Trinajstić information content (AvgIpc) is 2.08. The van der Waals surface area contributed by atoms with Gasteiger partial charge in [0.2, 0.25) is 5.91 Å². The monoisotopic (exact) mass is 188 g/mol. The van der Waals surface area contributed by atoms with Crippen molar-refractivity contribution >= 4 is 5.91 Å². The van der Waals surface area contributed by atoms with Gasteiger partial charge in [-0.2, -0.15) is 0 Å². The molecular weight excluding hydrogens is 168 g/mol. The molecule has 0 bridgehead atoms. The van der Waals surface area contributed by atoms with Gasteiger partial charge in [-0.05, 0) is 12.3 Å². The summed E-state index contributed by atoms with van der Waals surface area (Å²) in [7, 11) is 0. The Bertz CT molecular complexity index is 138. The molecule has 0 aliphatic carbocycles. The SMILES string of the molecule is CC(C)CCOCC(=O)NCCN. The molecule has 4 nitrogen and oxygen atoms in total. The Balaban J connectivity index is 3.17. The molecule has 0 atom stereocenters. The highest BCUT2D eigenvalue weighted by molar-refractivity contribution is 5.77. The summed E-state index contributed by atoms with van der Waals surface area (Å²) in [6.45, 7) is 6.03. The molecular formula is C9H20N2O2. The van der Waals surface area contributed by atoms with Crippen LogP contribution in [0.1, 0.15) is 20.3 Å². The number of carbonyl (C=O) groups is 1. The quantitative estimate of drug-likeness (QED) is 0.558. The summed E-state index contributed by atoms with van der Waals surface area (Å²) < 4.78 is 5.15. The minimum Gasteiger partial charge on any atom is -0.372 e. The fourth-order valence-electron chi connectivity index (χ4n) is 0.747. The third-order valence-corrected chi connectivity index (χ3v) is 1.54. The first kappa shape index (κ1) is 12.4. The number of amides is 1. The molecule has 0 unspecified atom stereocenters. The maximum atomic E-state index is 11.0. The van der Waals surface area contributed by atoms with Crippen molar-refractivity contribution in [3.8, 4) is 0 Å². The largest absolute Gasteiger partial charge is 0.372 e. The number of ether oxygens (including phenoxy) is 1. The molecule has 4 heteroatoms. The smallest absolute Gasteiger partial charge is 0.246 e. The van der Waals surface area contributed by atoms with Crippen molar-refractivity contribution in [1.29, 1.82) is 0 Å². The van der Waals surface area contributed by atoms with Crippen molar-refractivity contribution in [2.45, 2.75) is 20.3 Å². The lowest BCUT2D eigenvalue weighted by Gasteiger charge is -2.06. The highest BCUT2D eigenvalue weighted by Gasteiger charge is 1.99. The van der Waals surface area contributed by atoms with Gasteiger partial charge in [-0.15, -0.1) is 0 Å². The molecule has 78 valence electrons. The van der Waals surface area contributed by atoms with E-state index >= 15 is 0 Å². The van der Waals surface area contributed by atoms with E-state index in [1.54, 1.807) is 0 Å². The zero-order valence-corrected chi connectivity index (χ0v) is 8.51. The van der Waals surface area contributed by atoms with Crippen LogP contribution in [0.4, 0.5) is 0 Å². The average molecular weight is 188 g/mol. The van der Waals surface area contributed by atoms with Crippen LogP contribution in [0, 0.1) is 5.92 Å². The van der Waals surface area contributed by atoms with Crippen molar-refractivity contribution < 1.29 is 9.53 Å². The van der Waals surface area contributed by atoms with Crippen LogP contribution in [0.5, 0.6) is 0 Å². The fraction of sp³-hybridized carbons (Fsp3) is 0.889. The lowest BCUT2D eigenvalue weighted by atomic mass is 10.1. The van der Waals surface area contributed by atoms with Gasteiger partial charge in [0, 0.05) is 19.7 Å². The molecule has 0 aromatic carbocycles. The second kappa shape index (κ2) is 8.01. The molecule has 0 fully saturated rings. The van der Waals surface area contributed by atoms with Gasteiger partial charge in [-0.3, -0.25) is 4.79 Å². The summed E-state index contributed by atoms with van der Waals surface area (Å²) in [5.41, 5.74) is 5.22. The van der Waals surface area contributed by atoms with Gasteiger partial charge in [-0.1, -0.05) is 13.8 Å².